The third-order valence-corrected chi connectivity index (χ3v) is 5.52. The van der Waals surface area contributed by atoms with E-state index in [0.29, 0.717) is 18.7 Å². The fourth-order valence-electron chi connectivity index (χ4n) is 2.71. The minimum absolute atomic E-state index is 0. The zero-order chi connectivity index (χ0) is 16.7. The lowest BCUT2D eigenvalue weighted by molar-refractivity contribution is 0.0953. The summed E-state index contributed by atoms with van der Waals surface area (Å²) in [4.78, 5) is 12.2. The lowest BCUT2D eigenvalue weighted by Gasteiger charge is -2.13. The Morgan fingerprint density at radius 2 is 1.92 bits per heavy atom. The molecule has 1 fully saturated rings. The maximum absolute atomic E-state index is 12.4. The summed E-state index contributed by atoms with van der Waals surface area (Å²) < 4.78 is 27.5. The van der Waals surface area contributed by atoms with Crippen molar-refractivity contribution in [3.8, 4) is 0 Å². The van der Waals surface area contributed by atoms with Gasteiger partial charge in [0.1, 0.15) is 0 Å². The Morgan fingerprint density at radius 1 is 1.21 bits per heavy atom. The fourth-order valence-corrected chi connectivity index (χ4v) is 4.06. The number of sulfonamides is 1. The van der Waals surface area contributed by atoms with Crippen LogP contribution in [0, 0.1) is 0 Å². The molecule has 6 nitrogen and oxygen atoms in total. The maximum Gasteiger partial charge on any atom is 0.251 e. The van der Waals surface area contributed by atoms with Crippen LogP contribution in [0.15, 0.2) is 29.2 Å². The minimum atomic E-state index is -3.58. The van der Waals surface area contributed by atoms with E-state index in [9.17, 15) is 13.2 Å². The van der Waals surface area contributed by atoms with Gasteiger partial charge in [0.05, 0.1) is 4.90 Å². The van der Waals surface area contributed by atoms with E-state index in [1.807, 2.05) is 0 Å². The second-order valence-corrected chi connectivity index (χ2v) is 7.60. The van der Waals surface area contributed by atoms with Gasteiger partial charge in [0.2, 0.25) is 10.0 Å². The Balaban J connectivity index is 0.00000288. The van der Waals surface area contributed by atoms with Crippen molar-refractivity contribution in [3.63, 3.8) is 0 Å². The average molecular weight is 376 g/mol. The number of carbonyl (C=O) groups is 1. The number of nitrogens with one attached hydrogen (secondary N) is 2. The van der Waals surface area contributed by atoms with Gasteiger partial charge < -0.3 is 11.1 Å². The van der Waals surface area contributed by atoms with Crippen LogP contribution in [-0.4, -0.2) is 33.5 Å². The first kappa shape index (κ1) is 20.9. The van der Waals surface area contributed by atoms with Gasteiger partial charge in [-0.05, 0) is 50.4 Å². The molecule has 0 radical (unpaired) electrons. The highest BCUT2D eigenvalue weighted by Gasteiger charge is 2.23. The predicted octanol–water partition coefficient (Wildman–Crippen LogP) is 1.80. The number of benzene rings is 1. The molecule has 1 aliphatic rings. The molecule has 0 atom stereocenters. The van der Waals surface area contributed by atoms with Crippen LogP contribution in [0.4, 0.5) is 0 Å². The van der Waals surface area contributed by atoms with E-state index in [1.165, 1.54) is 12.1 Å². The molecule has 0 aliphatic heterocycles. The molecule has 0 saturated heterocycles. The first-order valence-corrected chi connectivity index (χ1v) is 9.62. The van der Waals surface area contributed by atoms with E-state index >= 15 is 0 Å². The van der Waals surface area contributed by atoms with Gasteiger partial charge in [-0.25, -0.2) is 13.1 Å². The topological polar surface area (TPSA) is 101 Å². The van der Waals surface area contributed by atoms with E-state index in [4.69, 9.17) is 5.73 Å². The van der Waals surface area contributed by atoms with Crippen LogP contribution >= 0.6 is 12.4 Å². The van der Waals surface area contributed by atoms with E-state index in [1.54, 1.807) is 12.1 Å². The molecule has 1 aromatic rings. The van der Waals surface area contributed by atoms with Crippen molar-refractivity contribution in [2.75, 3.05) is 13.1 Å². The van der Waals surface area contributed by atoms with E-state index < -0.39 is 10.0 Å². The quantitative estimate of drug-likeness (QED) is 0.603. The Kier molecular flexibility index (Phi) is 8.69. The summed E-state index contributed by atoms with van der Waals surface area (Å²) in [6, 6.07) is 6.16. The Morgan fingerprint density at radius 3 is 2.58 bits per heavy atom. The molecule has 0 spiro atoms. The summed E-state index contributed by atoms with van der Waals surface area (Å²) in [5.41, 5.74) is 5.76. The molecular weight excluding hydrogens is 350 g/mol. The van der Waals surface area contributed by atoms with Crippen molar-refractivity contribution in [2.45, 2.75) is 49.5 Å². The van der Waals surface area contributed by atoms with Crippen molar-refractivity contribution in [1.29, 1.82) is 0 Å². The Bertz CT molecular complexity index is 631. The molecule has 0 unspecified atom stereocenters. The van der Waals surface area contributed by atoms with Crippen LogP contribution in [-0.2, 0) is 10.0 Å². The van der Waals surface area contributed by atoms with Crippen molar-refractivity contribution < 1.29 is 13.2 Å². The Labute approximate surface area is 150 Å². The number of carbonyl (C=O) groups excluding carboxylic acids is 1. The molecule has 4 N–H and O–H groups in total. The normalized spacial score (nSPS) is 15.0. The summed E-state index contributed by atoms with van der Waals surface area (Å²) >= 11 is 0. The highest BCUT2D eigenvalue weighted by Crippen LogP contribution is 2.20. The first-order valence-electron chi connectivity index (χ1n) is 8.13. The third-order valence-electron chi connectivity index (χ3n) is 4.00. The van der Waals surface area contributed by atoms with Crippen LogP contribution in [0.5, 0.6) is 0 Å². The number of hydrogen-bond acceptors (Lipinski definition) is 4. The van der Waals surface area contributed by atoms with Gasteiger partial charge in [-0.2, -0.15) is 0 Å². The number of halogens is 1. The van der Waals surface area contributed by atoms with Crippen LogP contribution < -0.4 is 15.8 Å². The number of hydrogen-bond donors (Lipinski definition) is 3. The molecule has 0 aromatic heterocycles. The van der Waals surface area contributed by atoms with E-state index in [0.717, 1.165) is 38.5 Å². The van der Waals surface area contributed by atoms with Crippen molar-refractivity contribution >= 4 is 28.3 Å². The zero-order valence-electron chi connectivity index (χ0n) is 13.7. The number of rotatable bonds is 8. The molecule has 1 saturated carbocycles. The lowest BCUT2D eigenvalue weighted by Crippen LogP contribution is -2.33. The largest absolute Gasteiger partial charge is 0.352 e. The molecule has 0 bridgehead atoms. The lowest BCUT2D eigenvalue weighted by atomic mass is 10.2. The van der Waals surface area contributed by atoms with Gasteiger partial charge in [0.25, 0.3) is 5.91 Å². The molecule has 0 heterocycles. The van der Waals surface area contributed by atoms with Crippen LogP contribution in [0.25, 0.3) is 0 Å². The standard InChI is InChI=1S/C16H25N3O3S.ClH/c17-10-3-4-11-18-16(20)13-6-5-9-15(12-13)23(21,22)19-14-7-1-2-8-14;/h5-6,9,12,14,19H,1-4,7-8,10-11,17H2,(H,18,20);1H. The van der Waals surface area contributed by atoms with Gasteiger partial charge in [0, 0.05) is 18.2 Å². The van der Waals surface area contributed by atoms with Crippen molar-refractivity contribution in [3.05, 3.63) is 29.8 Å². The smallest absolute Gasteiger partial charge is 0.251 e. The van der Waals surface area contributed by atoms with Crippen LogP contribution in [0.2, 0.25) is 0 Å². The maximum atomic E-state index is 12.4. The molecule has 136 valence electrons. The number of unbranched alkanes of at least 4 members (excludes halogenated alkanes) is 1. The van der Waals surface area contributed by atoms with Crippen molar-refractivity contribution in [2.24, 2.45) is 5.73 Å². The average Bonchev–Trinajstić information content (AvgIpc) is 3.04. The molecular formula is C16H26ClN3O3S. The molecule has 8 heteroatoms. The monoisotopic (exact) mass is 375 g/mol. The van der Waals surface area contributed by atoms with Gasteiger partial charge in [-0.1, -0.05) is 18.9 Å². The van der Waals surface area contributed by atoms with Gasteiger partial charge in [-0.3, -0.25) is 4.79 Å². The van der Waals surface area contributed by atoms with E-state index in [2.05, 4.69) is 10.0 Å². The number of amides is 1. The zero-order valence-corrected chi connectivity index (χ0v) is 15.3. The molecule has 1 aromatic carbocycles. The van der Waals surface area contributed by atoms with Crippen LogP contribution in [0.3, 0.4) is 0 Å². The molecule has 2 rings (SSSR count). The fraction of sp³-hybridized carbons (Fsp3) is 0.562. The second kappa shape index (κ2) is 9.98. The summed E-state index contributed by atoms with van der Waals surface area (Å²) in [5, 5.41) is 2.78. The summed E-state index contributed by atoms with van der Waals surface area (Å²) in [5.74, 6) is -0.264. The highest BCUT2D eigenvalue weighted by molar-refractivity contribution is 7.89. The second-order valence-electron chi connectivity index (χ2n) is 5.88. The van der Waals surface area contributed by atoms with Crippen molar-refractivity contribution in [1.82, 2.24) is 10.0 Å². The van der Waals surface area contributed by atoms with Gasteiger partial charge in [-0.15, -0.1) is 12.4 Å². The summed E-state index contributed by atoms with van der Waals surface area (Å²) in [7, 11) is -3.58. The van der Waals surface area contributed by atoms with Gasteiger partial charge >= 0.3 is 0 Å². The minimum Gasteiger partial charge on any atom is -0.352 e. The summed E-state index contributed by atoms with van der Waals surface area (Å²) in [6.45, 7) is 1.13. The Hall–Kier alpha value is -1.15. The van der Waals surface area contributed by atoms with Gasteiger partial charge in [0.15, 0.2) is 0 Å². The predicted molar refractivity (Wildman–Crippen MR) is 96.9 cm³/mol. The molecule has 1 aliphatic carbocycles. The number of nitrogens with two attached hydrogens (primary N) is 1. The molecule has 1 amide bonds. The SMILES string of the molecule is Cl.NCCCCNC(=O)c1cccc(S(=O)(=O)NC2CCCC2)c1. The summed E-state index contributed by atoms with van der Waals surface area (Å²) in [6.07, 6.45) is 5.52. The molecule has 24 heavy (non-hydrogen) atoms. The highest BCUT2D eigenvalue weighted by atomic mass is 35.5. The third kappa shape index (κ3) is 6.05. The first-order chi connectivity index (χ1) is 11.0. The van der Waals surface area contributed by atoms with E-state index in [-0.39, 0.29) is 29.3 Å². The van der Waals surface area contributed by atoms with Crippen LogP contribution in [0.1, 0.15) is 48.9 Å².